The standard InChI is InChI=1S/C27H29FN4O5.Na/c1-17-9-11-30-24(12-17)29-10-3-6-25(34)31-16-26(35)32-22(15-27(36)37)19-5-2-4-18(13-19)21-8-7-20(28)14-23(21)33;/h2,4-5,7-9,11-14,22,33H,3,6,10,15-16H2,1H3,(H,29,30)(H,31,34)(H,32,35)(H,36,37);. The van der Waals surface area contributed by atoms with Gasteiger partial charge in [0.25, 0.3) is 0 Å². The zero-order valence-electron chi connectivity index (χ0n) is 21.3. The molecule has 1 heterocycles. The van der Waals surface area contributed by atoms with Crippen LogP contribution in [0.3, 0.4) is 0 Å². The number of carbonyl (C=O) groups is 3. The van der Waals surface area contributed by atoms with E-state index in [0.717, 1.165) is 17.4 Å². The average Bonchev–Trinajstić information content (AvgIpc) is 2.85. The number of halogens is 1. The molecule has 0 saturated heterocycles. The van der Waals surface area contributed by atoms with E-state index in [4.69, 9.17) is 0 Å². The van der Waals surface area contributed by atoms with Crippen LogP contribution >= 0.6 is 0 Å². The molecule has 2 amide bonds. The summed E-state index contributed by atoms with van der Waals surface area (Å²) in [6.45, 7) is 2.19. The van der Waals surface area contributed by atoms with Crippen molar-refractivity contribution in [2.75, 3.05) is 18.4 Å². The van der Waals surface area contributed by atoms with Gasteiger partial charge in [0.2, 0.25) is 11.8 Å². The fraction of sp³-hybridized carbons (Fsp3) is 0.259. The van der Waals surface area contributed by atoms with Gasteiger partial charge in [-0.3, -0.25) is 14.4 Å². The number of benzene rings is 2. The largest absolute Gasteiger partial charge is 0.507 e. The summed E-state index contributed by atoms with van der Waals surface area (Å²) >= 11 is 0. The number of carboxylic acid groups (broad SMARTS) is 1. The van der Waals surface area contributed by atoms with E-state index in [-0.39, 0.29) is 54.2 Å². The van der Waals surface area contributed by atoms with Crippen molar-refractivity contribution in [3.8, 4) is 16.9 Å². The SMILES string of the molecule is Cc1ccnc(NCCCC(=O)NCC(=O)NC(CC(=O)O)c2cccc(-c3ccc(F)cc3O)c2)c1.[Na]. The first-order valence-corrected chi connectivity index (χ1v) is 11.7. The molecule has 0 saturated carbocycles. The quantitative estimate of drug-likeness (QED) is 0.179. The van der Waals surface area contributed by atoms with Crippen LogP contribution in [0.1, 0.15) is 36.4 Å². The van der Waals surface area contributed by atoms with E-state index in [2.05, 4.69) is 20.9 Å². The maximum Gasteiger partial charge on any atom is 0.305 e. The van der Waals surface area contributed by atoms with Crippen molar-refractivity contribution in [1.29, 1.82) is 0 Å². The molecule has 0 aliphatic rings. The van der Waals surface area contributed by atoms with Gasteiger partial charge in [0.15, 0.2) is 0 Å². The molecule has 3 aromatic rings. The van der Waals surface area contributed by atoms with Crippen LogP contribution < -0.4 is 16.0 Å². The summed E-state index contributed by atoms with van der Waals surface area (Å²) in [4.78, 5) is 40.2. The first-order chi connectivity index (χ1) is 17.7. The van der Waals surface area contributed by atoms with Gasteiger partial charge in [-0.25, -0.2) is 9.37 Å². The molecule has 11 heteroatoms. The second-order valence-corrected chi connectivity index (χ2v) is 8.53. The second-order valence-electron chi connectivity index (χ2n) is 8.53. The Morgan fingerprint density at radius 2 is 1.84 bits per heavy atom. The minimum absolute atomic E-state index is 0. The summed E-state index contributed by atoms with van der Waals surface area (Å²) in [7, 11) is 0. The molecule has 3 rings (SSSR count). The minimum Gasteiger partial charge on any atom is -0.507 e. The number of nitrogens with zero attached hydrogens (tertiary/aromatic N) is 1. The molecule has 1 atom stereocenters. The second kappa shape index (κ2) is 15.1. The van der Waals surface area contributed by atoms with E-state index in [9.17, 15) is 29.0 Å². The van der Waals surface area contributed by atoms with Crippen LogP contribution in [0.25, 0.3) is 11.1 Å². The van der Waals surface area contributed by atoms with Crippen LogP contribution in [0, 0.1) is 12.7 Å². The van der Waals surface area contributed by atoms with Crippen molar-refractivity contribution in [2.24, 2.45) is 0 Å². The fourth-order valence-corrected chi connectivity index (χ4v) is 3.71. The summed E-state index contributed by atoms with van der Waals surface area (Å²) in [6.07, 6.45) is 2.04. The Hall–Kier alpha value is -3.47. The van der Waals surface area contributed by atoms with Crippen molar-refractivity contribution in [1.82, 2.24) is 15.6 Å². The molecule has 0 aliphatic heterocycles. The van der Waals surface area contributed by atoms with Crippen molar-refractivity contribution < 1.29 is 29.0 Å². The van der Waals surface area contributed by atoms with E-state index in [1.807, 2.05) is 19.1 Å². The van der Waals surface area contributed by atoms with E-state index in [1.54, 1.807) is 30.5 Å². The van der Waals surface area contributed by atoms with Crippen LogP contribution in [0.2, 0.25) is 0 Å². The van der Waals surface area contributed by atoms with Crippen LogP contribution in [-0.4, -0.2) is 75.6 Å². The number of aromatic hydroxyl groups is 1. The number of aromatic nitrogens is 1. The number of carbonyl (C=O) groups excluding carboxylic acids is 2. The first kappa shape index (κ1) is 30.8. The van der Waals surface area contributed by atoms with Gasteiger partial charge in [0, 0.05) is 60.3 Å². The molecule has 2 aromatic carbocycles. The van der Waals surface area contributed by atoms with E-state index in [0.29, 0.717) is 29.7 Å². The number of aryl methyl sites for hydroxylation is 1. The first-order valence-electron chi connectivity index (χ1n) is 11.7. The number of carboxylic acids is 1. The maximum absolute atomic E-state index is 13.3. The number of pyridine rings is 1. The van der Waals surface area contributed by atoms with E-state index in [1.165, 1.54) is 12.1 Å². The number of hydrogen-bond donors (Lipinski definition) is 5. The molecule has 0 aliphatic carbocycles. The van der Waals surface area contributed by atoms with E-state index >= 15 is 0 Å². The molecule has 1 radical (unpaired) electrons. The number of phenolic OH excluding ortho intramolecular Hbond substituents is 1. The van der Waals surface area contributed by atoms with Crippen LogP contribution in [-0.2, 0) is 14.4 Å². The Kier molecular flexibility index (Phi) is 12.2. The van der Waals surface area contributed by atoms with Gasteiger partial charge in [-0.15, -0.1) is 0 Å². The number of amides is 2. The molecular formula is C27H29FN4NaO5. The molecule has 0 bridgehead atoms. The summed E-state index contributed by atoms with van der Waals surface area (Å²) in [5.41, 5.74) is 2.45. The van der Waals surface area contributed by atoms with Gasteiger partial charge in [-0.2, -0.15) is 0 Å². The Bertz CT molecular complexity index is 1270. The molecule has 9 nitrogen and oxygen atoms in total. The minimum atomic E-state index is -1.13. The predicted molar refractivity (Wildman–Crippen MR) is 142 cm³/mol. The third-order valence-electron chi connectivity index (χ3n) is 5.52. The van der Waals surface area contributed by atoms with Crippen molar-refractivity contribution in [3.05, 3.63) is 77.7 Å². The zero-order valence-corrected chi connectivity index (χ0v) is 23.3. The molecule has 0 spiro atoms. The topological polar surface area (TPSA) is 141 Å². The summed E-state index contributed by atoms with van der Waals surface area (Å²) in [5.74, 6) is -2.10. The van der Waals surface area contributed by atoms with Crippen molar-refractivity contribution in [3.63, 3.8) is 0 Å². The third-order valence-corrected chi connectivity index (χ3v) is 5.52. The molecule has 38 heavy (non-hydrogen) atoms. The summed E-state index contributed by atoms with van der Waals surface area (Å²) in [6, 6.07) is 13.1. The smallest absolute Gasteiger partial charge is 0.305 e. The average molecular weight is 532 g/mol. The maximum atomic E-state index is 13.3. The molecule has 1 unspecified atom stereocenters. The Balaban J connectivity index is 0.00000507. The van der Waals surface area contributed by atoms with Gasteiger partial charge in [0.1, 0.15) is 17.4 Å². The monoisotopic (exact) mass is 531 g/mol. The number of rotatable bonds is 12. The Morgan fingerprint density at radius 3 is 2.55 bits per heavy atom. The van der Waals surface area contributed by atoms with E-state index < -0.39 is 30.2 Å². The van der Waals surface area contributed by atoms with Crippen LogP contribution in [0.15, 0.2) is 60.8 Å². The number of nitrogens with one attached hydrogen (secondary N) is 3. The molecular weight excluding hydrogens is 502 g/mol. The third kappa shape index (κ3) is 9.77. The summed E-state index contributed by atoms with van der Waals surface area (Å²) in [5, 5.41) is 27.7. The van der Waals surface area contributed by atoms with Gasteiger partial charge < -0.3 is 26.2 Å². The number of aliphatic carboxylic acids is 1. The number of phenols is 1. The molecule has 0 fully saturated rings. The van der Waals surface area contributed by atoms with Crippen molar-refractivity contribution in [2.45, 2.75) is 32.2 Å². The normalized spacial score (nSPS) is 11.1. The molecule has 1 aromatic heterocycles. The Labute approximate surface area is 242 Å². The van der Waals surface area contributed by atoms with Crippen molar-refractivity contribution >= 4 is 53.2 Å². The van der Waals surface area contributed by atoms with Gasteiger partial charge >= 0.3 is 5.97 Å². The van der Waals surface area contributed by atoms with Crippen LogP contribution in [0.4, 0.5) is 10.2 Å². The van der Waals surface area contributed by atoms with Gasteiger partial charge in [0.05, 0.1) is 19.0 Å². The van der Waals surface area contributed by atoms with Crippen LogP contribution in [0.5, 0.6) is 5.75 Å². The number of anilines is 1. The zero-order chi connectivity index (χ0) is 26.8. The molecule has 5 N–H and O–H groups in total. The summed E-state index contributed by atoms with van der Waals surface area (Å²) < 4.78 is 13.3. The fourth-order valence-electron chi connectivity index (χ4n) is 3.71. The molecule has 195 valence electrons. The number of hydrogen-bond acceptors (Lipinski definition) is 6. The Morgan fingerprint density at radius 1 is 1.05 bits per heavy atom. The van der Waals surface area contributed by atoms with Gasteiger partial charge in [-0.1, -0.05) is 18.2 Å². The van der Waals surface area contributed by atoms with Gasteiger partial charge in [-0.05, 0) is 60.4 Å². The predicted octanol–water partition coefficient (Wildman–Crippen LogP) is 3.16.